The number of aromatic nitrogens is 1. The SMILES string of the molecule is CCC1C(C)CC2(O)C(=O)OC(C)C2C1/C=C/c1ccc(-c2cccc(/C(C)=N\OC)c2)cn1. The van der Waals surface area contributed by atoms with Gasteiger partial charge < -0.3 is 14.7 Å². The van der Waals surface area contributed by atoms with Crippen molar-refractivity contribution in [2.75, 3.05) is 7.11 Å². The van der Waals surface area contributed by atoms with Crippen molar-refractivity contribution in [1.29, 1.82) is 0 Å². The average Bonchev–Trinajstić information content (AvgIpc) is 3.05. The van der Waals surface area contributed by atoms with Crippen LogP contribution in [0.2, 0.25) is 0 Å². The van der Waals surface area contributed by atoms with Crippen LogP contribution >= 0.6 is 0 Å². The lowest BCUT2D eigenvalue weighted by atomic mass is 9.59. The molecule has 0 spiro atoms. The van der Waals surface area contributed by atoms with Crippen LogP contribution in [0.25, 0.3) is 17.2 Å². The lowest BCUT2D eigenvalue weighted by Crippen LogP contribution is -2.53. The number of rotatable bonds is 6. The van der Waals surface area contributed by atoms with Crippen molar-refractivity contribution in [3.8, 4) is 11.1 Å². The number of esters is 1. The van der Waals surface area contributed by atoms with E-state index < -0.39 is 11.6 Å². The molecular weight excluding hydrogens is 428 g/mol. The van der Waals surface area contributed by atoms with Gasteiger partial charge in [0.15, 0.2) is 5.60 Å². The highest BCUT2D eigenvalue weighted by molar-refractivity contribution is 5.99. The van der Waals surface area contributed by atoms with Crippen LogP contribution < -0.4 is 0 Å². The lowest BCUT2D eigenvalue weighted by molar-refractivity contribution is -0.160. The molecule has 1 aliphatic heterocycles. The van der Waals surface area contributed by atoms with Gasteiger partial charge in [-0.3, -0.25) is 4.98 Å². The van der Waals surface area contributed by atoms with Crippen molar-refractivity contribution in [3.05, 3.63) is 59.9 Å². The van der Waals surface area contributed by atoms with Crippen LogP contribution in [-0.2, 0) is 14.4 Å². The molecule has 1 aliphatic carbocycles. The van der Waals surface area contributed by atoms with Crippen molar-refractivity contribution in [1.82, 2.24) is 4.98 Å². The van der Waals surface area contributed by atoms with Crippen LogP contribution in [0.5, 0.6) is 0 Å². The summed E-state index contributed by atoms with van der Waals surface area (Å²) in [4.78, 5) is 22.0. The number of hydrogen-bond donors (Lipinski definition) is 1. The first-order valence-electron chi connectivity index (χ1n) is 12.0. The molecule has 2 heterocycles. The molecule has 6 atom stereocenters. The first-order valence-corrected chi connectivity index (χ1v) is 12.0. The third kappa shape index (κ3) is 4.39. The topological polar surface area (TPSA) is 81.0 Å². The fourth-order valence-corrected chi connectivity index (χ4v) is 5.94. The molecule has 2 aromatic rings. The maximum Gasteiger partial charge on any atom is 0.338 e. The van der Waals surface area contributed by atoms with Crippen molar-refractivity contribution in [2.45, 2.75) is 52.2 Å². The quantitative estimate of drug-likeness (QED) is 0.367. The van der Waals surface area contributed by atoms with E-state index in [9.17, 15) is 9.90 Å². The molecule has 6 heteroatoms. The van der Waals surface area contributed by atoms with Crippen LogP contribution in [0.4, 0.5) is 0 Å². The molecule has 1 N–H and O–H groups in total. The second-order valence-electron chi connectivity index (χ2n) is 9.66. The van der Waals surface area contributed by atoms with Crippen LogP contribution in [-0.4, -0.2) is 40.6 Å². The molecule has 2 aliphatic rings. The number of benzene rings is 1. The second kappa shape index (κ2) is 9.71. The van der Waals surface area contributed by atoms with E-state index in [1.54, 1.807) is 7.11 Å². The number of allylic oxidation sites excluding steroid dienone is 1. The molecule has 6 nitrogen and oxygen atoms in total. The van der Waals surface area contributed by atoms with Gasteiger partial charge in [0.2, 0.25) is 0 Å². The van der Waals surface area contributed by atoms with Gasteiger partial charge in [-0.2, -0.15) is 0 Å². The highest BCUT2D eigenvalue weighted by atomic mass is 16.6. The molecule has 34 heavy (non-hydrogen) atoms. The Hall–Kier alpha value is -2.99. The lowest BCUT2D eigenvalue weighted by Gasteiger charge is -2.45. The molecular formula is C28H34N2O4. The maximum absolute atomic E-state index is 12.5. The van der Waals surface area contributed by atoms with Gasteiger partial charge >= 0.3 is 5.97 Å². The first kappa shape index (κ1) is 24.1. The van der Waals surface area contributed by atoms with Crippen molar-refractivity contribution < 1.29 is 19.5 Å². The van der Waals surface area contributed by atoms with Crippen LogP contribution in [0.15, 0.2) is 53.8 Å². The molecule has 180 valence electrons. The van der Waals surface area contributed by atoms with Gasteiger partial charge in [-0.25, -0.2) is 4.79 Å². The van der Waals surface area contributed by atoms with E-state index in [-0.39, 0.29) is 23.9 Å². The third-order valence-corrected chi connectivity index (χ3v) is 7.57. The van der Waals surface area contributed by atoms with Crippen molar-refractivity contribution in [3.63, 3.8) is 0 Å². The van der Waals surface area contributed by atoms with E-state index in [0.717, 1.165) is 34.5 Å². The van der Waals surface area contributed by atoms with Gasteiger partial charge in [-0.1, -0.05) is 55.8 Å². The van der Waals surface area contributed by atoms with Gasteiger partial charge in [0.05, 0.1) is 11.4 Å². The Balaban J connectivity index is 1.57. The molecule has 0 bridgehead atoms. The van der Waals surface area contributed by atoms with Crippen molar-refractivity contribution >= 4 is 17.8 Å². The van der Waals surface area contributed by atoms with Gasteiger partial charge in [-0.15, -0.1) is 0 Å². The fourth-order valence-electron chi connectivity index (χ4n) is 5.94. The monoisotopic (exact) mass is 462 g/mol. The number of aliphatic hydroxyl groups is 1. The first-order chi connectivity index (χ1) is 16.3. The summed E-state index contributed by atoms with van der Waals surface area (Å²) < 4.78 is 5.49. The van der Waals surface area contributed by atoms with E-state index in [4.69, 9.17) is 9.57 Å². The molecule has 6 unspecified atom stereocenters. The summed E-state index contributed by atoms with van der Waals surface area (Å²) in [7, 11) is 1.54. The average molecular weight is 463 g/mol. The predicted octanol–water partition coefficient (Wildman–Crippen LogP) is 5.11. The highest BCUT2D eigenvalue weighted by Crippen LogP contribution is 2.52. The van der Waals surface area contributed by atoms with Gasteiger partial charge in [0, 0.05) is 17.7 Å². The van der Waals surface area contributed by atoms with Crippen LogP contribution in [0.3, 0.4) is 0 Å². The van der Waals surface area contributed by atoms with Crippen molar-refractivity contribution in [2.24, 2.45) is 28.8 Å². The molecule has 1 saturated heterocycles. The number of fused-ring (bicyclic) bond motifs is 1. The Morgan fingerprint density at radius 2 is 2.09 bits per heavy atom. The summed E-state index contributed by atoms with van der Waals surface area (Å²) in [5, 5.41) is 15.2. The standard InChI is InChI=1S/C28H34N2O4/c1-6-24-17(2)15-28(32)26(19(4)34-27(28)31)25(24)13-12-23-11-10-22(16-29-23)21-9-7-8-20(14-21)18(3)30-33-5/h7-14,16-17,19,24-26,32H,6,15H2,1-5H3/b13-12+,30-18-. The highest BCUT2D eigenvalue weighted by Gasteiger charge is 2.62. The van der Waals surface area contributed by atoms with E-state index >= 15 is 0 Å². The molecule has 0 amide bonds. The zero-order chi connectivity index (χ0) is 24.5. The summed E-state index contributed by atoms with van der Waals surface area (Å²) >= 11 is 0. The number of hydrogen-bond acceptors (Lipinski definition) is 6. The van der Waals surface area contributed by atoms with Crippen LogP contribution in [0, 0.1) is 23.7 Å². The third-order valence-electron chi connectivity index (χ3n) is 7.57. The van der Waals surface area contributed by atoms with Gasteiger partial charge in [0.1, 0.15) is 13.2 Å². The number of ether oxygens (including phenoxy) is 1. The summed E-state index contributed by atoms with van der Waals surface area (Å²) in [5.41, 5.74) is 3.32. The minimum atomic E-state index is -1.40. The van der Waals surface area contributed by atoms with E-state index in [1.165, 1.54) is 0 Å². The fraction of sp³-hybridized carbons (Fsp3) is 0.464. The maximum atomic E-state index is 12.5. The molecule has 2 fully saturated rings. The van der Waals surface area contributed by atoms with E-state index in [0.29, 0.717) is 12.3 Å². The summed E-state index contributed by atoms with van der Waals surface area (Å²) in [6, 6.07) is 12.2. The Morgan fingerprint density at radius 1 is 1.29 bits per heavy atom. The Morgan fingerprint density at radius 3 is 2.76 bits per heavy atom. The minimum Gasteiger partial charge on any atom is -0.460 e. The predicted molar refractivity (Wildman–Crippen MR) is 133 cm³/mol. The Labute approximate surface area is 201 Å². The molecule has 1 aromatic carbocycles. The second-order valence-corrected chi connectivity index (χ2v) is 9.66. The van der Waals surface area contributed by atoms with Crippen LogP contribution in [0.1, 0.15) is 51.8 Å². The molecule has 4 rings (SSSR count). The number of carbonyl (C=O) groups excluding carboxylic acids is 1. The van der Waals surface area contributed by atoms with E-state index in [2.05, 4.69) is 42.2 Å². The van der Waals surface area contributed by atoms with Gasteiger partial charge in [-0.05, 0) is 67.4 Å². The number of pyridine rings is 1. The summed E-state index contributed by atoms with van der Waals surface area (Å²) in [6.45, 7) is 8.11. The summed E-state index contributed by atoms with van der Waals surface area (Å²) in [6.07, 6.45) is 7.15. The number of oxime groups is 1. The van der Waals surface area contributed by atoms with E-state index in [1.807, 2.05) is 50.4 Å². The summed E-state index contributed by atoms with van der Waals surface area (Å²) in [5.74, 6) is -0.0675. The molecule has 1 aromatic heterocycles. The number of nitrogens with zero attached hydrogens (tertiary/aromatic N) is 2. The molecule has 1 saturated carbocycles. The zero-order valence-electron chi connectivity index (χ0n) is 20.6. The smallest absolute Gasteiger partial charge is 0.338 e. The number of carbonyl (C=O) groups is 1. The zero-order valence-corrected chi connectivity index (χ0v) is 20.6. The Bertz CT molecular complexity index is 1090. The largest absolute Gasteiger partial charge is 0.460 e. The van der Waals surface area contributed by atoms with Gasteiger partial charge in [0.25, 0.3) is 0 Å². The normalized spacial score (nSPS) is 31.4. The minimum absolute atomic E-state index is 0.0430. The number of cyclic esters (lactones) is 1. The Kier molecular flexibility index (Phi) is 6.89. The molecule has 0 radical (unpaired) electrons.